The monoisotopic (exact) mass is 246 g/mol. The molecule has 0 saturated carbocycles. The van der Waals surface area contributed by atoms with Crippen LogP contribution < -0.4 is 5.32 Å². The highest BCUT2D eigenvalue weighted by atomic mass is 32.2. The smallest absolute Gasteiger partial charge is 0.166 e. The first kappa shape index (κ1) is 12.0. The number of imidazole rings is 1. The molecule has 0 aliphatic rings. The summed E-state index contributed by atoms with van der Waals surface area (Å²) in [6, 6.07) is 10.1. The second-order valence-electron chi connectivity index (χ2n) is 3.67. The summed E-state index contributed by atoms with van der Waals surface area (Å²) in [6.45, 7) is 0. The summed E-state index contributed by atoms with van der Waals surface area (Å²) in [7, 11) is 1.81. The average molecular weight is 246 g/mol. The van der Waals surface area contributed by atoms with Gasteiger partial charge in [-0.2, -0.15) is 5.26 Å². The SMILES string of the molecule is CNC(C#N)CCSc1nc2ccccc2[nH]1. The molecule has 4 nitrogen and oxygen atoms in total. The number of H-pyrrole nitrogens is 1. The highest BCUT2D eigenvalue weighted by Crippen LogP contribution is 2.19. The van der Waals surface area contributed by atoms with Crippen molar-refractivity contribution in [1.29, 1.82) is 5.26 Å². The molecule has 0 radical (unpaired) electrons. The van der Waals surface area contributed by atoms with E-state index in [2.05, 4.69) is 21.4 Å². The molecule has 0 saturated heterocycles. The number of nitrogens with one attached hydrogen (secondary N) is 2. The van der Waals surface area contributed by atoms with Gasteiger partial charge in [-0.3, -0.25) is 0 Å². The van der Waals surface area contributed by atoms with E-state index in [1.165, 1.54) is 0 Å². The van der Waals surface area contributed by atoms with Crippen molar-refractivity contribution >= 4 is 22.8 Å². The summed E-state index contributed by atoms with van der Waals surface area (Å²) >= 11 is 1.65. The Labute approximate surface area is 104 Å². The fraction of sp³-hybridized carbons (Fsp3) is 0.333. The van der Waals surface area contributed by atoms with Crippen molar-refractivity contribution in [2.45, 2.75) is 17.6 Å². The third kappa shape index (κ3) is 2.99. The molecule has 0 spiro atoms. The number of hydrogen-bond acceptors (Lipinski definition) is 4. The van der Waals surface area contributed by atoms with Crippen LogP contribution in [0.1, 0.15) is 6.42 Å². The maximum atomic E-state index is 8.79. The van der Waals surface area contributed by atoms with Crippen molar-refractivity contribution in [3.8, 4) is 6.07 Å². The van der Waals surface area contributed by atoms with Gasteiger partial charge in [0.1, 0.15) is 0 Å². The van der Waals surface area contributed by atoms with Gasteiger partial charge in [-0.1, -0.05) is 23.9 Å². The van der Waals surface area contributed by atoms with Gasteiger partial charge in [0.15, 0.2) is 5.16 Å². The van der Waals surface area contributed by atoms with E-state index in [-0.39, 0.29) is 6.04 Å². The highest BCUT2D eigenvalue weighted by Gasteiger charge is 2.06. The fourth-order valence-electron chi connectivity index (χ4n) is 1.54. The Bertz CT molecular complexity index is 496. The van der Waals surface area contributed by atoms with Crippen LogP contribution in [0.25, 0.3) is 11.0 Å². The van der Waals surface area contributed by atoms with Crippen LogP contribution in [0.3, 0.4) is 0 Å². The van der Waals surface area contributed by atoms with Gasteiger partial charge >= 0.3 is 0 Å². The van der Waals surface area contributed by atoms with Gasteiger partial charge in [0.2, 0.25) is 0 Å². The quantitative estimate of drug-likeness (QED) is 0.793. The van der Waals surface area contributed by atoms with Crippen LogP contribution >= 0.6 is 11.8 Å². The van der Waals surface area contributed by atoms with E-state index in [4.69, 9.17) is 5.26 Å². The van der Waals surface area contributed by atoms with Crippen LogP contribution in [0.2, 0.25) is 0 Å². The molecule has 17 heavy (non-hydrogen) atoms. The van der Waals surface area contributed by atoms with Crippen molar-refractivity contribution in [2.75, 3.05) is 12.8 Å². The normalized spacial score (nSPS) is 12.5. The number of para-hydroxylation sites is 2. The predicted molar refractivity (Wildman–Crippen MR) is 69.9 cm³/mol. The number of rotatable bonds is 5. The van der Waals surface area contributed by atoms with E-state index in [0.29, 0.717) is 0 Å². The van der Waals surface area contributed by atoms with E-state index in [1.54, 1.807) is 18.8 Å². The molecule has 0 aliphatic heterocycles. The number of fused-ring (bicyclic) bond motifs is 1. The zero-order chi connectivity index (χ0) is 12.1. The number of nitriles is 1. The van der Waals surface area contributed by atoms with E-state index in [9.17, 15) is 0 Å². The molecule has 1 aromatic carbocycles. The van der Waals surface area contributed by atoms with Crippen LogP contribution in [-0.4, -0.2) is 28.8 Å². The number of aromatic nitrogens is 2. The van der Waals surface area contributed by atoms with Gasteiger partial charge in [0.25, 0.3) is 0 Å². The van der Waals surface area contributed by atoms with E-state index < -0.39 is 0 Å². The van der Waals surface area contributed by atoms with Crippen molar-refractivity contribution in [2.24, 2.45) is 0 Å². The minimum Gasteiger partial charge on any atom is -0.333 e. The molecule has 1 heterocycles. The standard InChI is InChI=1S/C12H14N4S/c1-14-9(8-13)6-7-17-12-15-10-4-2-3-5-11(10)16-12/h2-5,9,14H,6-7H2,1H3,(H,15,16). The first-order valence-corrected chi connectivity index (χ1v) is 6.46. The lowest BCUT2D eigenvalue weighted by Crippen LogP contribution is -2.23. The Morgan fingerprint density at radius 2 is 2.35 bits per heavy atom. The summed E-state index contributed by atoms with van der Waals surface area (Å²) in [4.78, 5) is 7.72. The minimum absolute atomic E-state index is 0.0770. The van der Waals surface area contributed by atoms with Crippen LogP contribution in [-0.2, 0) is 0 Å². The lowest BCUT2D eigenvalue weighted by Gasteiger charge is -2.04. The van der Waals surface area contributed by atoms with Crippen molar-refractivity contribution < 1.29 is 0 Å². The maximum Gasteiger partial charge on any atom is 0.166 e. The highest BCUT2D eigenvalue weighted by molar-refractivity contribution is 7.99. The van der Waals surface area contributed by atoms with Crippen LogP contribution in [0.4, 0.5) is 0 Å². The van der Waals surface area contributed by atoms with Crippen LogP contribution in [0.15, 0.2) is 29.4 Å². The number of nitrogens with zero attached hydrogens (tertiary/aromatic N) is 2. The van der Waals surface area contributed by atoms with Gasteiger partial charge in [-0.05, 0) is 25.6 Å². The molecule has 88 valence electrons. The lowest BCUT2D eigenvalue weighted by molar-refractivity contribution is 0.663. The molecular formula is C12H14N4S. The molecule has 2 N–H and O–H groups in total. The van der Waals surface area contributed by atoms with Gasteiger partial charge in [-0.15, -0.1) is 0 Å². The third-order valence-electron chi connectivity index (χ3n) is 2.52. The second-order valence-corrected chi connectivity index (χ2v) is 4.75. The summed E-state index contributed by atoms with van der Waals surface area (Å²) < 4.78 is 0. The Balaban J connectivity index is 1.93. The van der Waals surface area contributed by atoms with Gasteiger partial charge in [0.05, 0.1) is 23.1 Å². The molecule has 2 aromatic rings. The van der Waals surface area contributed by atoms with Gasteiger partial charge in [0, 0.05) is 5.75 Å². The predicted octanol–water partition coefficient (Wildman–Crippen LogP) is 2.16. The summed E-state index contributed by atoms with van der Waals surface area (Å²) in [5, 5.41) is 12.7. The van der Waals surface area contributed by atoms with Crippen molar-refractivity contribution in [1.82, 2.24) is 15.3 Å². The first-order valence-electron chi connectivity index (χ1n) is 5.48. The summed E-state index contributed by atoms with van der Waals surface area (Å²) in [6.07, 6.45) is 0.814. The molecule has 0 aliphatic carbocycles. The first-order chi connectivity index (χ1) is 8.33. The molecule has 0 bridgehead atoms. The molecule has 5 heteroatoms. The minimum atomic E-state index is -0.0770. The molecule has 1 unspecified atom stereocenters. The Hall–Kier alpha value is -1.51. The van der Waals surface area contributed by atoms with E-state index in [0.717, 1.165) is 28.4 Å². The number of benzene rings is 1. The number of hydrogen-bond donors (Lipinski definition) is 2. The molecule has 2 rings (SSSR count). The molecule has 0 fully saturated rings. The topological polar surface area (TPSA) is 64.5 Å². The fourth-order valence-corrected chi connectivity index (χ4v) is 2.44. The van der Waals surface area contributed by atoms with Crippen LogP contribution in [0, 0.1) is 11.3 Å². The lowest BCUT2D eigenvalue weighted by atomic mass is 10.3. The summed E-state index contributed by atoms with van der Waals surface area (Å²) in [5.41, 5.74) is 2.04. The molecule has 1 atom stereocenters. The Morgan fingerprint density at radius 3 is 3.06 bits per heavy atom. The largest absolute Gasteiger partial charge is 0.333 e. The number of aromatic amines is 1. The van der Waals surface area contributed by atoms with Gasteiger partial charge < -0.3 is 10.3 Å². The van der Waals surface area contributed by atoms with Crippen LogP contribution in [0.5, 0.6) is 0 Å². The maximum absolute atomic E-state index is 8.79. The molecule has 0 amide bonds. The molecule has 1 aromatic heterocycles. The van der Waals surface area contributed by atoms with E-state index >= 15 is 0 Å². The Kier molecular flexibility index (Phi) is 4.02. The zero-order valence-electron chi connectivity index (χ0n) is 9.60. The third-order valence-corrected chi connectivity index (χ3v) is 3.42. The number of thioether (sulfide) groups is 1. The summed E-state index contributed by atoms with van der Waals surface area (Å²) in [5.74, 6) is 0.874. The Morgan fingerprint density at radius 1 is 1.53 bits per heavy atom. The van der Waals surface area contributed by atoms with Crippen molar-refractivity contribution in [3.63, 3.8) is 0 Å². The van der Waals surface area contributed by atoms with Gasteiger partial charge in [-0.25, -0.2) is 4.98 Å². The molecular weight excluding hydrogens is 232 g/mol. The second kappa shape index (κ2) is 5.71. The van der Waals surface area contributed by atoms with Crippen molar-refractivity contribution in [3.05, 3.63) is 24.3 Å². The van der Waals surface area contributed by atoms with E-state index in [1.807, 2.05) is 24.3 Å². The average Bonchev–Trinajstić information content (AvgIpc) is 2.77. The zero-order valence-corrected chi connectivity index (χ0v) is 10.4.